The molecule has 0 bridgehead atoms. The summed E-state index contributed by atoms with van der Waals surface area (Å²) < 4.78 is 0. The highest BCUT2D eigenvalue weighted by atomic mass is 16.4. The van der Waals surface area contributed by atoms with Gasteiger partial charge in [-0.15, -0.1) is 0 Å². The summed E-state index contributed by atoms with van der Waals surface area (Å²) in [6.07, 6.45) is 1.64. The van der Waals surface area contributed by atoms with Gasteiger partial charge >= 0.3 is 5.97 Å². The fourth-order valence-electron chi connectivity index (χ4n) is 2.02. The minimum atomic E-state index is -0.976. The Morgan fingerprint density at radius 1 is 1.16 bits per heavy atom. The van der Waals surface area contributed by atoms with E-state index in [1.54, 1.807) is 24.4 Å². The van der Waals surface area contributed by atoms with Crippen LogP contribution in [0, 0.1) is 0 Å². The van der Waals surface area contributed by atoms with Gasteiger partial charge in [-0.05, 0) is 18.2 Å². The number of nitrogens with one attached hydrogen (secondary N) is 2. The average molecular weight is 253 g/mol. The van der Waals surface area contributed by atoms with Gasteiger partial charge in [0.25, 0.3) is 0 Å². The minimum absolute atomic E-state index is 0.223. The molecule has 0 spiro atoms. The molecule has 5 heteroatoms. The zero-order valence-electron chi connectivity index (χ0n) is 9.92. The van der Waals surface area contributed by atoms with Gasteiger partial charge in [0.2, 0.25) is 0 Å². The maximum absolute atomic E-state index is 11.4. The Bertz CT molecular complexity index is 735. The van der Waals surface area contributed by atoms with Crippen LogP contribution in [0.15, 0.2) is 48.7 Å². The number of carboxylic acids is 1. The lowest BCUT2D eigenvalue weighted by molar-refractivity contribution is 0.0700. The second-order valence-electron chi connectivity index (χ2n) is 4.07. The molecule has 0 radical (unpaired) electrons. The number of carboxylic acid groups (broad SMARTS) is 1. The van der Waals surface area contributed by atoms with Crippen molar-refractivity contribution >= 4 is 28.5 Å². The van der Waals surface area contributed by atoms with E-state index in [2.05, 4.69) is 15.3 Å². The van der Waals surface area contributed by atoms with Crippen LogP contribution >= 0.6 is 0 Å². The van der Waals surface area contributed by atoms with Crippen molar-refractivity contribution in [2.45, 2.75) is 0 Å². The summed E-state index contributed by atoms with van der Waals surface area (Å²) in [5.74, 6) is 0.0554. The van der Waals surface area contributed by atoms with Crippen LogP contribution in [-0.2, 0) is 0 Å². The van der Waals surface area contributed by atoms with Crippen LogP contribution in [0.2, 0.25) is 0 Å². The van der Waals surface area contributed by atoms with Crippen molar-refractivity contribution in [1.82, 2.24) is 9.97 Å². The lowest BCUT2D eigenvalue weighted by Crippen LogP contribution is -2.01. The van der Waals surface area contributed by atoms with E-state index in [-0.39, 0.29) is 5.56 Å². The first-order chi connectivity index (χ1) is 9.25. The van der Waals surface area contributed by atoms with Crippen LogP contribution in [0.5, 0.6) is 0 Å². The number of nitrogens with zero attached hydrogens (tertiary/aromatic N) is 1. The number of fused-ring (bicyclic) bond motifs is 1. The second-order valence-corrected chi connectivity index (χ2v) is 4.07. The standard InChI is InChI=1S/C14H11N3O2/c18-14(19)12-9-5-1-2-6-10(9)16-13(12)17-11-7-3-4-8-15-11/h1-8,16H,(H,15,17)(H,18,19). The molecule has 2 heterocycles. The third kappa shape index (κ3) is 2.01. The number of H-pyrrole nitrogens is 1. The summed E-state index contributed by atoms with van der Waals surface area (Å²) in [6, 6.07) is 12.7. The largest absolute Gasteiger partial charge is 0.478 e. The number of rotatable bonds is 3. The summed E-state index contributed by atoms with van der Waals surface area (Å²) in [7, 11) is 0. The number of anilines is 2. The molecule has 0 atom stereocenters. The molecule has 0 aliphatic carbocycles. The fourth-order valence-corrected chi connectivity index (χ4v) is 2.02. The predicted molar refractivity (Wildman–Crippen MR) is 72.8 cm³/mol. The molecule has 3 rings (SSSR count). The van der Waals surface area contributed by atoms with E-state index in [0.717, 1.165) is 5.52 Å². The van der Waals surface area contributed by atoms with E-state index in [9.17, 15) is 9.90 Å². The summed E-state index contributed by atoms with van der Waals surface area (Å²) >= 11 is 0. The van der Waals surface area contributed by atoms with Crippen molar-refractivity contribution in [2.75, 3.05) is 5.32 Å². The van der Waals surface area contributed by atoms with Crippen LogP contribution in [0.25, 0.3) is 10.9 Å². The molecule has 0 aliphatic heterocycles. The highest BCUT2D eigenvalue weighted by Gasteiger charge is 2.17. The van der Waals surface area contributed by atoms with Gasteiger partial charge in [0.15, 0.2) is 0 Å². The van der Waals surface area contributed by atoms with Gasteiger partial charge in [-0.3, -0.25) is 0 Å². The van der Waals surface area contributed by atoms with Crippen LogP contribution in [-0.4, -0.2) is 21.0 Å². The normalized spacial score (nSPS) is 10.5. The molecule has 1 aromatic carbocycles. The van der Waals surface area contributed by atoms with Gasteiger partial charge in [-0.1, -0.05) is 24.3 Å². The SMILES string of the molecule is O=C(O)c1c(Nc2ccccn2)[nH]c2ccccc12. The topological polar surface area (TPSA) is 78.0 Å². The first-order valence-electron chi connectivity index (χ1n) is 5.78. The van der Waals surface area contributed by atoms with Crippen molar-refractivity contribution in [3.8, 4) is 0 Å². The van der Waals surface area contributed by atoms with Gasteiger partial charge in [0, 0.05) is 17.1 Å². The van der Waals surface area contributed by atoms with Gasteiger partial charge in [0.1, 0.15) is 17.2 Å². The zero-order chi connectivity index (χ0) is 13.2. The molecule has 94 valence electrons. The van der Waals surface area contributed by atoms with Crippen LogP contribution in [0.4, 0.5) is 11.6 Å². The lowest BCUT2D eigenvalue weighted by atomic mass is 10.1. The Labute approximate surface area is 108 Å². The molecule has 0 saturated heterocycles. The quantitative estimate of drug-likeness (QED) is 0.670. The Balaban J connectivity index is 2.13. The molecule has 3 N–H and O–H groups in total. The van der Waals surface area contributed by atoms with Crippen LogP contribution < -0.4 is 5.32 Å². The van der Waals surface area contributed by atoms with Gasteiger partial charge in [0.05, 0.1) is 0 Å². The molecule has 2 aromatic heterocycles. The summed E-state index contributed by atoms with van der Waals surface area (Å²) in [4.78, 5) is 18.6. The monoisotopic (exact) mass is 253 g/mol. The highest BCUT2D eigenvalue weighted by molar-refractivity contribution is 6.08. The molecule has 0 unspecified atom stereocenters. The molecular formula is C14H11N3O2. The molecule has 0 amide bonds. The van der Waals surface area contributed by atoms with E-state index >= 15 is 0 Å². The number of aromatic nitrogens is 2. The highest BCUT2D eigenvalue weighted by Crippen LogP contribution is 2.27. The first-order valence-corrected chi connectivity index (χ1v) is 5.78. The van der Waals surface area contributed by atoms with E-state index in [4.69, 9.17) is 0 Å². The number of hydrogen-bond donors (Lipinski definition) is 3. The molecule has 0 fully saturated rings. The van der Waals surface area contributed by atoms with Crippen molar-refractivity contribution in [3.63, 3.8) is 0 Å². The molecule has 19 heavy (non-hydrogen) atoms. The number of carbonyl (C=O) groups is 1. The first kappa shape index (κ1) is 11.3. The number of pyridine rings is 1. The maximum Gasteiger partial charge on any atom is 0.340 e. The zero-order valence-corrected chi connectivity index (χ0v) is 9.92. The Morgan fingerprint density at radius 2 is 1.95 bits per heavy atom. The van der Waals surface area contributed by atoms with Crippen molar-refractivity contribution in [3.05, 3.63) is 54.2 Å². The average Bonchev–Trinajstić information content (AvgIpc) is 2.77. The molecular weight excluding hydrogens is 242 g/mol. The van der Waals surface area contributed by atoms with E-state index in [1.165, 1.54) is 0 Å². The van der Waals surface area contributed by atoms with Crippen LogP contribution in [0.1, 0.15) is 10.4 Å². The van der Waals surface area contributed by atoms with E-state index in [0.29, 0.717) is 17.0 Å². The maximum atomic E-state index is 11.4. The summed E-state index contributed by atoms with van der Waals surface area (Å²) in [6.45, 7) is 0. The Hall–Kier alpha value is -2.82. The molecule has 3 aromatic rings. The third-order valence-corrected chi connectivity index (χ3v) is 2.84. The Kier molecular flexibility index (Phi) is 2.64. The molecule has 0 saturated carbocycles. The summed E-state index contributed by atoms with van der Waals surface area (Å²) in [5, 5.41) is 13.0. The van der Waals surface area contributed by atoms with Crippen LogP contribution in [0.3, 0.4) is 0 Å². The fraction of sp³-hybridized carbons (Fsp3) is 0. The van der Waals surface area contributed by atoms with Crippen molar-refractivity contribution in [2.24, 2.45) is 0 Å². The number of para-hydroxylation sites is 1. The second kappa shape index (κ2) is 4.45. The van der Waals surface area contributed by atoms with Crippen molar-refractivity contribution < 1.29 is 9.90 Å². The van der Waals surface area contributed by atoms with Gasteiger partial charge in [-0.2, -0.15) is 0 Å². The number of aromatic amines is 1. The number of benzene rings is 1. The number of aromatic carboxylic acids is 1. The van der Waals surface area contributed by atoms with Gasteiger partial charge in [-0.25, -0.2) is 9.78 Å². The van der Waals surface area contributed by atoms with Crippen molar-refractivity contribution in [1.29, 1.82) is 0 Å². The summed E-state index contributed by atoms with van der Waals surface area (Å²) in [5.41, 5.74) is 1.000. The Morgan fingerprint density at radius 3 is 2.68 bits per heavy atom. The molecule has 5 nitrogen and oxygen atoms in total. The van der Waals surface area contributed by atoms with Gasteiger partial charge < -0.3 is 15.4 Å². The number of hydrogen-bond acceptors (Lipinski definition) is 3. The molecule has 0 aliphatic rings. The smallest absolute Gasteiger partial charge is 0.340 e. The van der Waals surface area contributed by atoms with E-state index < -0.39 is 5.97 Å². The van der Waals surface area contributed by atoms with E-state index in [1.807, 2.05) is 24.3 Å². The minimum Gasteiger partial charge on any atom is -0.478 e. The predicted octanol–water partition coefficient (Wildman–Crippen LogP) is 3.00. The lowest BCUT2D eigenvalue weighted by Gasteiger charge is -2.03. The third-order valence-electron chi connectivity index (χ3n) is 2.84.